The molecular formula is C19H32O3. The maximum Gasteiger partial charge on any atom is 0.309 e. The highest BCUT2D eigenvalue weighted by Gasteiger charge is 2.61. The third kappa shape index (κ3) is 2.23. The van der Waals surface area contributed by atoms with Gasteiger partial charge in [0.1, 0.15) is 0 Å². The van der Waals surface area contributed by atoms with Crippen LogP contribution in [-0.2, 0) is 9.53 Å². The Morgan fingerprint density at radius 3 is 2.64 bits per heavy atom. The molecule has 3 heteroatoms. The minimum atomic E-state index is -0.612. The summed E-state index contributed by atoms with van der Waals surface area (Å²) in [7, 11) is 1.84. The van der Waals surface area contributed by atoms with E-state index in [-0.39, 0.29) is 11.5 Å². The predicted octanol–water partition coefficient (Wildman–Crippen LogP) is 4.50. The molecule has 0 amide bonds. The Kier molecular flexibility index (Phi) is 4.30. The lowest BCUT2D eigenvalue weighted by Crippen LogP contribution is -2.62. The number of methoxy groups -OCH3 is 1. The zero-order valence-electron chi connectivity index (χ0n) is 14.4. The molecule has 0 spiro atoms. The van der Waals surface area contributed by atoms with Gasteiger partial charge >= 0.3 is 5.97 Å². The molecule has 3 nitrogen and oxygen atoms in total. The van der Waals surface area contributed by atoms with Gasteiger partial charge in [0.2, 0.25) is 0 Å². The van der Waals surface area contributed by atoms with Crippen LogP contribution in [0.25, 0.3) is 0 Å². The highest BCUT2D eigenvalue weighted by molar-refractivity contribution is 5.75. The highest BCUT2D eigenvalue weighted by Crippen LogP contribution is 2.61. The third-order valence-corrected chi connectivity index (χ3v) is 7.61. The number of carboxylic acids is 1. The topological polar surface area (TPSA) is 46.5 Å². The molecule has 126 valence electrons. The van der Waals surface area contributed by atoms with Crippen molar-refractivity contribution in [2.45, 2.75) is 77.2 Å². The van der Waals surface area contributed by atoms with Crippen LogP contribution < -0.4 is 0 Å². The van der Waals surface area contributed by atoms with Gasteiger partial charge in [-0.25, -0.2) is 0 Å². The van der Waals surface area contributed by atoms with Gasteiger partial charge in [0.25, 0.3) is 0 Å². The summed E-state index contributed by atoms with van der Waals surface area (Å²) < 4.78 is 6.20. The van der Waals surface area contributed by atoms with Crippen LogP contribution in [0.4, 0.5) is 0 Å². The lowest BCUT2D eigenvalue weighted by Gasteiger charge is -2.60. The summed E-state index contributed by atoms with van der Waals surface area (Å²) in [6.45, 7) is 4.29. The second-order valence-electron chi connectivity index (χ2n) is 8.32. The quantitative estimate of drug-likeness (QED) is 0.835. The molecule has 0 radical (unpaired) electrons. The summed E-state index contributed by atoms with van der Waals surface area (Å²) >= 11 is 0. The van der Waals surface area contributed by atoms with Gasteiger partial charge in [0, 0.05) is 13.0 Å². The lowest BCUT2D eigenvalue weighted by atomic mass is 9.48. The summed E-state index contributed by atoms with van der Waals surface area (Å²) in [5.41, 5.74) is -0.770. The number of aliphatic carboxylic acids is 1. The predicted molar refractivity (Wildman–Crippen MR) is 86.7 cm³/mol. The average Bonchev–Trinajstić information content (AvgIpc) is 2.53. The summed E-state index contributed by atoms with van der Waals surface area (Å²) in [5, 5.41) is 9.87. The molecule has 3 rings (SSSR count). The summed E-state index contributed by atoms with van der Waals surface area (Å²) in [6, 6.07) is 0. The molecule has 0 aromatic carbocycles. The van der Waals surface area contributed by atoms with E-state index in [9.17, 15) is 9.90 Å². The van der Waals surface area contributed by atoms with Crippen LogP contribution in [0.3, 0.4) is 0 Å². The van der Waals surface area contributed by atoms with Crippen molar-refractivity contribution in [3.63, 3.8) is 0 Å². The summed E-state index contributed by atoms with van der Waals surface area (Å²) in [6.07, 6.45) is 10.3. The number of ether oxygens (including phenoxy) is 1. The Hall–Kier alpha value is -0.570. The number of fused-ring (bicyclic) bond motifs is 3. The summed E-state index contributed by atoms with van der Waals surface area (Å²) in [4.78, 5) is 12.0. The normalized spacial score (nSPS) is 48.3. The van der Waals surface area contributed by atoms with E-state index in [1.54, 1.807) is 0 Å². The van der Waals surface area contributed by atoms with Crippen molar-refractivity contribution in [1.82, 2.24) is 0 Å². The van der Waals surface area contributed by atoms with Gasteiger partial charge in [0.05, 0.1) is 11.0 Å². The van der Waals surface area contributed by atoms with Crippen LogP contribution in [0.15, 0.2) is 0 Å². The van der Waals surface area contributed by atoms with E-state index in [0.717, 1.165) is 37.5 Å². The standard InChI is InChI=1S/C19H32O3/c1-4-13-6-8-15-14(12-13)7-9-16-18(2,17(20)21)10-5-11-19(15,16)22-3/h13-16H,4-12H2,1-3H3,(H,20,21). The largest absolute Gasteiger partial charge is 0.481 e. The van der Waals surface area contributed by atoms with Gasteiger partial charge in [-0.15, -0.1) is 0 Å². The molecule has 0 bridgehead atoms. The molecule has 3 fully saturated rings. The monoisotopic (exact) mass is 308 g/mol. The molecule has 1 N–H and O–H groups in total. The minimum absolute atomic E-state index is 0.174. The van der Waals surface area contributed by atoms with Crippen molar-refractivity contribution < 1.29 is 14.6 Å². The molecule has 3 aliphatic carbocycles. The highest BCUT2D eigenvalue weighted by atomic mass is 16.5. The molecule has 6 unspecified atom stereocenters. The molecular weight excluding hydrogens is 276 g/mol. The van der Waals surface area contributed by atoms with Crippen molar-refractivity contribution in [3.8, 4) is 0 Å². The Morgan fingerprint density at radius 1 is 1.23 bits per heavy atom. The first kappa shape index (κ1) is 16.3. The molecule has 0 aromatic rings. The van der Waals surface area contributed by atoms with Crippen molar-refractivity contribution >= 4 is 5.97 Å². The fourth-order valence-electron chi connectivity index (χ4n) is 6.35. The molecule has 0 heterocycles. The van der Waals surface area contributed by atoms with E-state index in [4.69, 9.17) is 4.74 Å². The number of carbonyl (C=O) groups is 1. The van der Waals surface area contributed by atoms with Gasteiger partial charge < -0.3 is 9.84 Å². The smallest absolute Gasteiger partial charge is 0.309 e. The lowest BCUT2D eigenvalue weighted by molar-refractivity contribution is -0.216. The maximum absolute atomic E-state index is 12.0. The van der Waals surface area contributed by atoms with Gasteiger partial charge in [-0.3, -0.25) is 4.79 Å². The van der Waals surface area contributed by atoms with Crippen molar-refractivity contribution in [2.75, 3.05) is 7.11 Å². The fourth-order valence-corrected chi connectivity index (χ4v) is 6.35. The SMILES string of the molecule is CCC1CCC2C(CCC3C(C)(C(=O)O)CCCC23OC)C1. The Bertz CT molecular complexity index is 434. The van der Waals surface area contributed by atoms with Gasteiger partial charge in [-0.05, 0) is 69.6 Å². The van der Waals surface area contributed by atoms with Crippen molar-refractivity contribution in [2.24, 2.45) is 29.1 Å². The van der Waals surface area contributed by atoms with Crippen LogP contribution in [0, 0.1) is 29.1 Å². The van der Waals surface area contributed by atoms with Crippen molar-refractivity contribution in [3.05, 3.63) is 0 Å². The van der Waals surface area contributed by atoms with Crippen molar-refractivity contribution in [1.29, 1.82) is 0 Å². The van der Waals surface area contributed by atoms with E-state index in [1.165, 1.54) is 32.1 Å². The van der Waals surface area contributed by atoms with E-state index < -0.39 is 11.4 Å². The molecule has 0 saturated heterocycles. The molecule has 0 aromatic heterocycles. The first-order valence-electron chi connectivity index (χ1n) is 9.26. The van der Waals surface area contributed by atoms with Gasteiger partial charge in [0.15, 0.2) is 0 Å². The number of rotatable bonds is 3. The van der Waals surface area contributed by atoms with Gasteiger partial charge in [-0.2, -0.15) is 0 Å². The zero-order chi connectivity index (χ0) is 16.0. The van der Waals surface area contributed by atoms with E-state index in [0.29, 0.717) is 5.92 Å². The zero-order valence-corrected chi connectivity index (χ0v) is 14.4. The first-order valence-corrected chi connectivity index (χ1v) is 9.26. The van der Waals surface area contributed by atoms with Crippen LogP contribution in [0.2, 0.25) is 0 Å². The van der Waals surface area contributed by atoms with Crippen LogP contribution in [0.5, 0.6) is 0 Å². The molecule has 0 aliphatic heterocycles. The third-order valence-electron chi connectivity index (χ3n) is 7.61. The molecule has 22 heavy (non-hydrogen) atoms. The molecule has 6 atom stereocenters. The maximum atomic E-state index is 12.0. The van der Waals surface area contributed by atoms with Gasteiger partial charge in [-0.1, -0.05) is 19.8 Å². The minimum Gasteiger partial charge on any atom is -0.481 e. The Balaban J connectivity index is 1.92. The number of carboxylic acid groups (broad SMARTS) is 1. The molecule has 3 aliphatic rings. The Labute approximate surface area is 134 Å². The Morgan fingerprint density at radius 2 is 2.00 bits per heavy atom. The van der Waals surface area contributed by atoms with E-state index in [1.807, 2.05) is 14.0 Å². The second-order valence-corrected chi connectivity index (χ2v) is 8.32. The fraction of sp³-hybridized carbons (Fsp3) is 0.947. The van der Waals surface area contributed by atoms with Crippen LogP contribution in [-0.4, -0.2) is 23.8 Å². The second kappa shape index (κ2) is 5.81. The van der Waals surface area contributed by atoms with Crippen LogP contribution >= 0.6 is 0 Å². The molecule has 3 saturated carbocycles. The number of hydrogen-bond acceptors (Lipinski definition) is 2. The summed E-state index contributed by atoms with van der Waals surface area (Å²) in [5.74, 6) is 1.79. The van der Waals surface area contributed by atoms with Crippen LogP contribution in [0.1, 0.15) is 71.6 Å². The van der Waals surface area contributed by atoms with E-state index in [2.05, 4.69) is 6.92 Å². The first-order chi connectivity index (χ1) is 10.5. The average molecular weight is 308 g/mol. The van der Waals surface area contributed by atoms with E-state index >= 15 is 0 Å². The number of hydrogen-bond donors (Lipinski definition) is 1.